The van der Waals surface area contributed by atoms with E-state index in [1.54, 1.807) is 0 Å². The predicted octanol–water partition coefficient (Wildman–Crippen LogP) is 4.38. The van der Waals surface area contributed by atoms with Crippen molar-refractivity contribution in [2.45, 2.75) is 32.2 Å². The highest BCUT2D eigenvalue weighted by Crippen LogP contribution is 2.25. The molecule has 88 valence electrons. The first-order valence-electron chi connectivity index (χ1n) is 5.90. The van der Waals surface area contributed by atoms with Crippen LogP contribution in [0.15, 0.2) is 22.7 Å². The van der Waals surface area contributed by atoms with E-state index in [0.717, 1.165) is 28.5 Å². The van der Waals surface area contributed by atoms with Gasteiger partial charge in [-0.3, -0.25) is 0 Å². The minimum absolute atomic E-state index is 0.792. The van der Waals surface area contributed by atoms with Gasteiger partial charge in [0.05, 0.1) is 5.02 Å². The van der Waals surface area contributed by atoms with Gasteiger partial charge in [0.15, 0.2) is 0 Å². The van der Waals surface area contributed by atoms with Crippen molar-refractivity contribution < 1.29 is 0 Å². The van der Waals surface area contributed by atoms with E-state index in [4.69, 9.17) is 11.6 Å². The molecule has 1 N–H and O–H groups in total. The SMILES string of the molecule is Clc1cc(CNCC2CCCC2)ccc1Br. The van der Waals surface area contributed by atoms with Gasteiger partial charge in [-0.05, 0) is 58.9 Å². The predicted molar refractivity (Wildman–Crippen MR) is 72.8 cm³/mol. The van der Waals surface area contributed by atoms with Gasteiger partial charge in [0.1, 0.15) is 0 Å². The molecule has 0 saturated heterocycles. The fourth-order valence-corrected chi connectivity index (χ4v) is 2.73. The van der Waals surface area contributed by atoms with E-state index in [-0.39, 0.29) is 0 Å². The monoisotopic (exact) mass is 301 g/mol. The van der Waals surface area contributed by atoms with Gasteiger partial charge in [-0.25, -0.2) is 0 Å². The van der Waals surface area contributed by atoms with Crippen molar-refractivity contribution in [2.75, 3.05) is 6.54 Å². The van der Waals surface area contributed by atoms with Crippen LogP contribution in [-0.2, 0) is 6.54 Å². The summed E-state index contributed by atoms with van der Waals surface area (Å²) in [6.07, 6.45) is 5.62. The van der Waals surface area contributed by atoms with E-state index in [1.165, 1.54) is 31.2 Å². The molecule has 0 bridgehead atoms. The van der Waals surface area contributed by atoms with Crippen LogP contribution < -0.4 is 5.32 Å². The molecule has 0 aliphatic heterocycles. The molecule has 0 aromatic heterocycles. The normalized spacial score (nSPS) is 16.9. The quantitative estimate of drug-likeness (QED) is 0.870. The Morgan fingerprint density at radius 3 is 2.75 bits per heavy atom. The Kier molecular flexibility index (Phi) is 4.68. The summed E-state index contributed by atoms with van der Waals surface area (Å²) in [5.41, 5.74) is 1.26. The molecule has 1 saturated carbocycles. The number of hydrogen-bond acceptors (Lipinski definition) is 1. The van der Waals surface area contributed by atoms with Crippen LogP contribution in [0.3, 0.4) is 0 Å². The Bertz CT molecular complexity index is 348. The lowest BCUT2D eigenvalue weighted by atomic mass is 10.1. The second kappa shape index (κ2) is 6.04. The Labute approximate surface area is 111 Å². The number of hydrogen-bond donors (Lipinski definition) is 1. The Morgan fingerprint density at radius 1 is 1.31 bits per heavy atom. The van der Waals surface area contributed by atoms with E-state index in [1.807, 2.05) is 12.1 Å². The van der Waals surface area contributed by atoms with Gasteiger partial charge in [-0.1, -0.05) is 30.5 Å². The van der Waals surface area contributed by atoms with Crippen LogP contribution in [0.25, 0.3) is 0 Å². The van der Waals surface area contributed by atoms with Crippen LogP contribution in [-0.4, -0.2) is 6.54 Å². The van der Waals surface area contributed by atoms with E-state index in [2.05, 4.69) is 27.3 Å². The standard InChI is InChI=1S/C13H17BrClN/c14-12-6-5-11(7-13(12)15)9-16-8-10-3-1-2-4-10/h5-7,10,16H,1-4,8-9H2. The number of benzene rings is 1. The lowest BCUT2D eigenvalue weighted by Gasteiger charge is -2.10. The van der Waals surface area contributed by atoms with Crippen molar-refractivity contribution in [2.24, 2.45) is 5.92 Å². The molecule has 1 nitrogen and oxygen atoms in total. The van der Waals surface area contributed by atoms with Crippen molar-refractivity contribution in [1.82, 2.24) is 5.32 Å². The molecule has 0 atom stereocenters. The maximum absolute atomic E-state index is 6.05. The van der Waals surface area contributed by atoms with E-state index < -0.39 is 0 Å². The van der Waals surface area contributed by atoms with Crippen LogP contribution in [0.5, 0.6) is 0 Å². The van der Waals surface area contributed by atoms with Gasteiger partial charge in [-0.2, -0.15) is 0 Å². The third kappa shape index (κ3) is 3.47. The first-order chi connectivity index (χ1) is 7.75. The van der Waals surface area contributed by atoms with Crippen molar-refractivity contribution in [1.29, 1.82) is 0 Å². The van der Waals surface area contributed by atoms with Crippen molar-refractivity contribution >= 4 is 27.5 Å². The zero-order chi connectivity index (χ0) is 11.4. The van der Waals surface area contributed by atoms with Crippen molar-refractivity contribution in [3.05, 3.63) is 33.3 Å². The summed E-state index contributed by atoms with van der Waals surface area (Å²) in [7, 11) is 0. The van der Waals surface area contributed by atoms with Gasteiger partial charge in [-0.15, -0.1) is 0 Å². The molecule has 1 aromatic carbocycles. The van der Waals surface area contributed by atoms with Gasteiger partial charge >= 0.3 is 0 Å². The summed E-state index contributed by atoms with van der Waals surface area (Å²) >= 11 is 9.44. The molecule has 1 aliphatic carbocycles. The van der Waals surface area contributed by atoms with Crippen molar-refractivity contribution in [3.63, 3.8) is 0 Å². The number of rotatable bonds is 4. The van der Waals surface area contributed by atoms with Crippen LogP contribution in [0, 0.1) is 5.92 Å². The molecular formula is C13H17BrClN. The maximum atomic E-state index is 6.05. The topological polar surface area (TPSA) is 12.0 Å². The van der Waals surface area contributed by atoms with E-state index >= 15 is 0 Å². The van der Waals surface area contributed by atoms with Crippen molar-refractivity contribution in [3.8, 4) is 0 Å². The lowest BCUT2D eigenvalue weighted by molar-refractivity contribution is 0.489. The highest BCUT2D eigenvalue weighted by Gasteiger charge is 2.13. The second-order valence-electron chi connectivity index (χ2n) is 4.53. The largest absolute Gasteiger partial charge is 0.312 e. The van der Waals surface area contributed by atoms with Crippen LogP contribution in [0.4, 0.5) is 0 Å². The van der Waals surface area contributed by atoms with Crippen LogP contribution >= 0.6 is 27.5 Å². The molecule has 0 heterocycles. The fraction of sp³-hybridized carbons (Fsp3) is 0.538. The summed E-state index contributed by atoms with van der Waals surface area (Å²) in [6, 6.07) is 6.14. The Hall–Kier alpha value is -0.0500. The molecule has 1 aliphatic rings. The average Bonchev–Trinajstić information content (AvgIpc) is 2.76. The second-order valence-corrected chi connectivity index (χ2v) is 5.79. The summed E-state index contributed by atoms with van der Waals surface area (Å²) < 4.78 is 0.966. The van der Waals surface area contributed by atoms with E-state index in [9.17, 15) is 0 Å². The molecule has 0 spiro atoms. The zero-order valence-electron chi connectivity index (χ0n) is 9.31. The third-order valence-electron chi connectivity index (χ3n) is 3.22. The third-order valence-corrected chi connectivity index (χ3v) is 4.45. The molecule has 0 amide bonds. The summed E-state index contributed by atoms with van der Waals surface area (Å²) in [5.74, 6) is 0.894. The first-order valence-corrected chi connectivity index (χ1v) is 7.07. The Morgan fingerprint density at radius 2 is 2.06 bits per heavy atom. The fourth-order valence-electron chi connectivity index (χ4n) is 2.28. The number of nitrogens with one attached hydrogen (secondary N) is 1. The summed E-state index contributed by atoms with van der Waals surface area (Å²) in [6.45, 7) is 2.07. The zero-order valence-corrected chi connectivity index (χ0v) is 11.6. The summed E-state index contributed by atoms with van der Waals surface area (Å²) in [5, 5.41) is 4.31. The maximum Gasteiger partial charge on any atom is 0.0551 e. The van der Waals surface area contributed by atoms with Gasteiger partial charge in [0.25, 0.3) is 0 Å². The van der Waals surface area contributed by atoms with Gasteiger partial charge < -0.3 is 5.32 Å². The van der Waals surface area contributed by atoms with Crippen LogP contribution in [0.2, 0.25) is 5.02 Å². The molecule has 2 rings (SSSR count). The molecule has 3 heteroatoms. The molecule has 1 fully saturated rings. The molecule has 0 unspecified atom stereocenters. The Balaban J connectivity index is 1.78. The molecule has 1 aromatic rings. The smallest absolute Gasteiger partial charge is 0.0551 e. The number of halogens is 2. The molecule has 16 heavy (non-hydrogen) atoms. The highest BCUT2D eigenvalue weighted by molar-refractivity contribution is 9.10. The summed E-state index contributed by atoms with van der Waals surface area (Å²) in [4.78, 5) is 0. The minimum atomic E-state index is 0.792. The highest BCUT2D eigenvalue weighted by atomic mass is 79.9. The average molecular weight is 303 g/mol. The minimum Gasteiger partial charge on any atom is -0.312 e. The lowest BCUT2D eigenvalue weighted by Crippen LogP contribution is -2.20. The van der Waals surface area contributed by atoms with Gasteiger partial charge in [0.2, 0.25) is 0 Å². The van der Waals surface area contributed by atoms with Crippen LogP contribution in [0.1, 0.15) is 31.2 Å². The van der Waals surface area contributed by atoms with E-state index in [0.29, 0.717) is 0 Å². The van der Waals surface area contributed by atoms with Gasteiger partial charge in [0, 0.05) is 11.0 Å². The first kappa shape index (κ1) is 12.4. The molecule has 0 radical (unpaired) electrons. The molecular weight excluding hydrogens is 286 g/mol.